The third-order valence-corrected chi connectivity index (χ3v) is 4.51. The molecule has 0 radical (unpaired) electrons. The van der Waals surface area contributed by atoms with Crippen LogP contribution < -0.4 is 11.1 Å². The molecule has 1 saturated carbocycles. The molecule has 0 amide bonds. The maximum Gasteiger partial charge on any atom is 0.000517 e. The summed E-state index contributed by atoms with van der Waals surface area (Å²) < 4.78 is 0. The molecular formula is C15H32N2. The van der Waals surface area contributed by atoms with Crippen LogP contribution in [-0.4, -0.2) is 19.6 Å². The van der Waals surface area contributed by atoms with Gasteiger partial charge in [0.05, 0.1) is 0 Å². The quantitative estimate of drug-likeness (QED) is 0.671. The molecular weight excluding hydrogens is 208 g/mol. The van der Waals surface area contributed by atoms with Gasteiger partial charge >= 0.3 is 0 Å². The first-order chi connectivity index (χ1) is 8.06. The van der Waals surface area contributed by atoms with E-state index in [4.69, 9.17) is 5.73 Å². The van der Waals surface area contributed by atoms with E-state index >= 15 is 0 Å². The van der Waals surface area contributed by atoms with Crippen LogP contribution in [0.3, 0.4) is 0 Å². The van der Waals surface area contributed by atoms with Gasteiger partial charge in [-0.3, -0.25) is 0 Å². The van der Waals surface area contributed by atoms with Crippen molar-refractivity contribution in [3.8, 4) is 0 Å². The second kappa shape index (κ2) is 7.38. The molecule has 1 atom stereocenters. The highest BCUT2D eigenvalue weighted by Gasteiger charge is 2.29. The molecule has 1 rings (SSSR count). The van der Waals surface area contributed by atoms with Crippen LogP contribution in [0.2, 0.25) is 0 Å². The lowest BCUT2D eigenvalue weighted by atomic mass is 9.71. The van der Waals surface area contributed by atoms with E-state index in [1.807, 2.05) is 0 Å². The number of hydrogen-bond donors (Lipinski definition) is 2. The van der Waals surface area contributed by atoms with Crippen molar-refractivity contribution in [3.63, 3.8) is 0 Å². The average Bonchev–Trinajstić information content (AvgIpc) is 2.35. The van der Waals surface area contributed by atoms with E-state index in [1.165, 1.54) is 38.5 Å². The molecule has 0 saturated heterocycles. The molecule has 0 heterocycles. The lowest BCUT2D eigenvalue weighted by Gasteiger charge is -2.37. The largest absolute Gasteiger partial charge is 0.330 e. The summed E-state index contributed by atoms with van der Waals surface area (Å²) in [6.07, 6.45) is 8.42. The van der Waals surface area contributed by atoms with Crippen molar-refractivity contribution in [1.29, 1.82) is 0 Å². The second-order valence-electron chi connectivity index (χ2n) is 6.63. The van der Waals surface area contributed by atoms with Crippen molar-refractivity contribution >= 4 is 0 Å². The average molecular weight is 240 g/mol. The Hall–Kier alpha value is -0.0800. The Kier molecular flexibility index (Phi) is 6.50. The van der Waals surface area contributed by atoms with Gasteiger partial charge in [0.15, 0.2) is 0 Å². The van der Waals surface area contributed by atoms with Gasteiger partial charge in [0.1, 0.15) is 0 Å². The summed E-state index contributed by atoms with van der Waals surface area (Å²) in [4.78, 5) is 0. The first kappa shape index (κ1) is 15.0. The van der Waals surface area contributed by atoms with Gasteiger partial charge in [-0.15, -0.1) is 0 Å². The maximum absolute atomic E-state index is 5.63. The van der Waals surface area contributed by atoms with Crippen LogP contribution >= 0.6 is 0 Å². The molecule has 1 aliphatic carbocycles. The van der Waals surface area contributed by atoms with Crippen molar-refractivity contribution in [2.24, 2.45) is 23.0 Å². The second-order valence-corrected chi connectivity index (χ2v) is 6.63. The monoisotopic (exact) mass is 240 g/mol. The molecule has 0 aliphatic heterocycles. The van der Waals surface area contributed by atoms with Crippen LogP contribution in [0.4, 0.5) is 0 Å². The maximum atomic E-state index is 5.63. The Bertz CT molecular complexity index is 195. The lowest BCUT2D eigenvalue weighted by Crippen LogP contribution is -2.37. The first-order valence-electron chi connectivity index (χ1n) is 7.47. The standard InChI is InChI=1S/C15H32N2/c1-13(11-16)9-10-17-12-15(2,3)14-7-5-4-6-8-14/h13-14,17H,4-12,16H2,1-3H3. The van der Waals surface area contributed by atoms with Crippen LogP contribution in [0.15, 0.2) is 0 Å². The predicted molar refractivity (Wildman–Crippen MR) is 76.1 cm³/mol. The summed E-state index contributed by atoms with van der Waals surface area (Å²) in [6.45, 7) is 10.2. The van der Waals surface area contributed by atoms with Gasteiger partial charge in [0, 0.05) is 6.54 Å². The number of nitrogens with one attached hydrogen (secondary N) is 1. The van der Waals surface area contributed by atoms with E-state index in [-0.39, 0.29) is 0 Å². The van der Waals surface area contributed by atoms with Crippen LogP contribution in [0.25, 0.3) is 0 Å². The van der Waals surface area contributed by atoms with E-state index < -0.39 is 0 Å². The van der Waals surface area contributed by atoms with Crippen molar-refractivity contribution in [3.05, 3.63) is 0 Å². The van der Waals surface area contributed by atoms with Gasteiger partial charge in [0.2, 0.25) is 0 Å². The molecule has 3 N–H and O–H groups in total. The van der Waals surface area contributed by atoms with Crippen molar-refractivity contribution in [2.45, 2.75) is 59.3 Å². The molecule has 1 fully saturated rings. The molecule has 2 heteroatoms. The van der Waals surface area contributed by atoms with Crippen molar-refractivity contribution in [1.82, 2.24) is 5.32 Å². The Balaban J connectivity index is 2.19. The highest BCUT2D eigenvalue weighted by molar-refractivity contribution is 4.82. The minimum Gasteiger partial charge on any atom is -0.330 e. The van der Waals surface area contributed by atoms with Crippen LogP contribution in [-0.2, 0) is 0 Å². The van der Waals surface area contributed by atoms with Crippen molar-refractivity contribution in [2.75, 3.05) is 19.6 Å². The number of hydrogen-bond acceptors (Lipinski definition) is 2. The molecule has 0 aromatic carbocycles. The van der Waals surface area contributed by atoms with E-state index in [9.17, 15) is 0 Å². The molecule has 17 heavy (non-hydrogen) atoms. The Labute approximate surface area is 108 Å². The van der Waals surface area contributed by atoms with Gasteiger partial charge in [-0.2, -0.15) is 0 Å². The molecule has 0 aromatic heterocycles. The summed E-state index contributed by atoms with van der Waals surface area (Å²) in [5.74, 6) is 1.58. The van der Waals surface area contributed by atoms with Gasteiger partial charge in [0.25, 0.3) is 0 Å². The van der Waals surface area contributed by atoms with E-state index in [0.717, 1.165) is 25.6 Å². The van der Waals surface area contributed by atoms with Gasteiger partial charge in [-0.1, -0.05) is 40.0 Å². The Morgan fingerprint density at radius 2 is 1.88 bits per heavy atom. The fraction of sp³-hybridized carbons (Fsp3) is 1.00. The fourth-order valence-corrected chi connectivity index (χ4v) is 2.91. The highest BCUT2D eigenvalue weighted by atomic mass is 14.9. The number of rotatable bonds is 7. The third kappa shape index (κ3) is 5.39. The molecule has 0 aromatic rings. The summed E-state index contributed by atoms with van der Waals surface area (Å²) in [7, 11) is 0. The molecule has 2 nitrogen and oxygen atoms in total. The van der Waals surface area contributed by atoms with Crippen molar-refractivity contribution < 1.29 is 0 Å². The molecule has 1 aliphatic rings. The first-order valence-corrected chi connectivity index (χ1v) is 7.47. The SMILES string of the molecule is CC(CN)CCNCC(C)(C)C1CCCCC1. The van der Waals surface area contributed by atoms with E-state index in [0.29, 0.717) is 11.3 Å². The third-order valence-electron chi connectivity index (χ3n) is 4.51. The Morgan fingerprint density at radius 3 is 2.47 bits per heavy atom. The summed E-state index contributed by atoms with van der Waals surface area (Å²) in [6, 6.07) is 0. The lowest BCUT2D eigenvalue weighted by molar-refractivity contribution is 0.154. The van der Waals surface area contributed by atoms with E-state index in [1.54, 1.807) is 0 Å². The minimum absolute atomic E-state index is 0.465. The number of nitrogens with two attached hydrogens (primary N) is 1. The smallest absolute Gasteiger partial charge is 0.000517 e. The zero-order valence-electron chi connectivity index (χ0n) is 12.1. The Morgan fingerprint density at radius 1 is 1.24 bits per heavy atom. The normalized spacial score (nSPS) is 20.5. The molecule has 1 unspecified atom stereocenters. The van der Waals surface area contributed by atoms with Gasteiger partial charge in [-0.05, 0) is 49.6 Å². The zero-order valence-corrected chi connectivity index (χ0v) is 12.1. The summed E-state index contributed by atoms with van der Waals surface area (Å²) in [5.41, 5.74) is 6.09. The molecule has 102 valence electrons. The summed E-state index contributed by atoms with van der Waals surface area (Å²) in [5, 5.41) is 3.63. The minimum atomic E-state index is 0.465. The van der Waals surface area contributed by atoms with Crippen LogP contribution in [0, 0.1) is 17.3 Å². The van der Waals surface area contributed by atoms with Crippen LogP contribution in [0.5, 0.6) is 0 Å². The zero-order chi connectivity index (χ0) is 12.7. The highest BCUT2D eigenvalue weighted by Crippen LogP contribution is 2.37. The predicted octanol–water partition coefficient (Wildman–Crippen LogP) is 3.17. The fourth-order valence-electron chi connectivity index (χ4n) is 2.91. The van der Waals surface area contributed by atoms with Gasteiger partial charge in [-0.25, -0.2) is 0 Å². The molecule has 0 bridgehead atoms. The van der Waals surface area contributed by atoms with Crippen LogP contribution in [0.1, 0.15) is 59.3 Å². The molecule has 0 spiro atoms. The van der Waals surface area contributed by atoms with Gasteiger partial charge < -0.3 is 11.1 Å². The van der Waals surface area contributed by atoms with E-state index in [2.05, 4.69) is 26.1 Å². The summed E-state index contributed by atoms with van der Waals surface area (Å²) >= 11 is 0. The topological polar surface area (TPSA) is 38.0 Å².